The molecule has 0 aromatic carbocycles. The topological polar surface area (TPSA) is 124 Å². The number of amides is 1. The number of hydrogen-bond acceptors (Lipinski definition) is 7. The highest BCUT2D eigenvalue weighted by Crippen LogP contribution is 2.39. The van der Waals surface area contributed by atoms with Gasteiger partial charge in [0.1, 0.15) is 29.1 Å². The van der Waals surface area contributed by atoms with E-state index in [4.69, 9.17) is 15.5 Å². The molecule has 0 radical (unpaired) electrons. The molecule has 2 bridgehead atoms. The number of hydrogen-bond donors (Lipinski definition) is 3. The molecule has 10 nitrogen and oxygen atoms in total. The van der Waals surface area contributed by atoms with Gasteiger partial charge in [0.25, 0.3) is 5.91 Å². The number of halogens is 1. The van der Waals surface area contributed by atoms with Gasteiger partial charge >= 0.3 is 0 Å². The number of aromatic nitrogens is 5. The third-order valence-corrected chi connectivity index (χ3v) is 6.50. The van der Waals surface area contributed by atoms with E-state index < -0.39 is 18.0 Å². The fraction of sp³-hybridized carbons (Fsp3) is 0.333. The van der Waals surface area contributed by atoms with Crippen molar-refractivity contribution in [3.05, 3.63) is 52.9 Å². The second-order valence-corrected chi connectivity index (χ2v) is 8.91. The third-order valence-electron chi connectivity index (χ3n) is 6.50. The number of rotatable bonds is 1. The normalized spacial score (nSPS) is 18.2. The molecule has 5 heterocycles. The number of nitrogen functional groups attached to an aromatic ring is 1. The van der Waals surface area contributed by atoms with Crippen LogP contribution in [0.15, 0.2) is 24.5 Å². The minimum Gasteiger partial charge on any atom is -0.473 e. The number of ether oxygens (including phenoxy) is 1. The summed E-state index contributed by atoms with van der Waals surface area (Å²) in [6.07, 6.45) is 2.14. The summed E-state index contributed by atoms with van der Waals surface area (Å²) in [5, 5.41) is 10.6. The Morgan fingerprint density at radius 2 is 1.97 bits per heavy atom. The molecule has 4 N–H and O–H groups in total. The van der Waals surface area contributed by atoms with Crippen molar-refractivity contribution < 1.29 is 13.9 Å². The molecule has 0 aliphatic carbocycles. The smallest absolute Gasteiger partial charge is 0.256 e. The van der Waals surface area contributed by atoms with Crippen LogP contribution in [0, 0.1) is 19.7 Å². The van der Waals surface area contributed by atoms with E-state index in [1.165, 1.54) is 16.8 Å². The number of carbonyl (C=O) groups excluding carboxylic acids is 1. The predicted molar refractivity (Wildman–Crippen MR) is 130 cm³/mol. The highest BCUT2D eigenvalue weighted by molar-refractivity contribution is 6.01. The number of aryl methyl sites for hydroxylation is 1. The number of nitrogens with one attached hydrogen (secondary N) is 2. The monoisotopic (exact) mass is 478 g/mol. The zero-order valence-corrected chi connectivity index (χ0v) is 20.2. The van der Waals surface area contributed by atoms with Gasteiger partial charge in [-0.15, -0.1) is 0 Å². The van der Waals surface area contributed by atoms with Crippen molar-refractivity contribution in [2.45, 2.75) is 39.8 Å². The Labute approximate surface area is 201 Å². The van der Waals surface area contributed by atoms with Gasteiger partial charge in [-0.2, -0.15) is 9.61 Å². The van der Waals surface area contributed by atoms with Crippen molar-refractivity contribution in [1.82, 2.24) is 29.5 Å². The van der Waals surface area contributed by atoms with Crippen LogP contribution >= 0.6 is 0 Å². The van der Waals surface area contributed by atoms with Gasteiger partial charge in [0, 0.05) is 29.6 Å². The van der Waals surface area contributed by atoms with Crippen molar-refractivity contribution in [2.75, 3.05) is 17.6 Å². The molecule has 0 spiro atoms. The molecule has 1 aliphatic heterocycles. The molecule has 2 atom stereocenters. The Morgan fingerprint density at radius 1 is 1.20 bits per heavy atom. The van der Waals surface area contributed by atoms with Gasteiger partial charge in [-0.05, 0) is 39.8 Å². The minimum atomic E-state index is -0.484. The zero-order chi connectivity index (χ0) is 25.0. The molecule has 0 unspecified atom stereocenters. The maximum atomic E-state index is 14.2. The fourth-order valence-corrected chi connectivity index (χ4v) is 4.35. The summed E-state index contributed by atoms with van der Waals surface area (Å²) >= 11 is 0. The average molecular weight is 479 g/mol. The molecular weight excluding hydrogens is 451 g/mol. The Morgan fingerprint density at radius 3 is 2.69 bits per heavy atom. The lowest BCUT2D eigenvalue weighted by molar-refractivity contribution is 0.0932. The van der Waals surface area contributed by atoms with Gasteiger partial charge in [-0.1, -0.05) is 0 Å². The largest absolute Gasteiger partial charge is 0.473 e. The lowest BCUT2D eigenvalue weighted by Crippen LogP contribution is -2.34. The molecule has 4 aromatic heterocycles. The van der Waals surface area contributed by atoms with Crippen LogP contribution in [0.2, 0.25) is 0 Å². The Balaban J connectivity index is 1.78. The first-order chi connectivity index (χ1) is 16.7. The highest BCUT2D eigenvalue weighted by Gasteiger charge is 2.26. The second kappa shape index (κ2) is 8.26. The van der Waals surface area contributed by atoms with Crippen molar-refractivity contribution in [2.24, 2.45) is 7.05 Å². The van der Waals surface area contributed by atoms with Crippen LogP contribution < -0.4 is 21.1 Å². The number of nitrogens with two attached hydrogens (primary N) is 1. The Kier molecular flexibility index (Phi) is 5.34. The van der Waals surface area contributed by atoms with Crippen LogP contribution in [0.5, 0.6) is 5.88 Å². The van der Waals surface area contributed by atoms with Gasteiger partial charge in [0.2, 0.25) is 5.88 Å². The summed E-state index contributed by atoms with van der Waals surface area (Å²) in [6.45, 7) is 7.87. The molecule has 35 heavy (non-hydrogen) atoms. The van der Waals surface area contributed by atoms with E-state index in [2.05, 4.69) is 25.3 Å². The number of fused-ring (bicyclic) bond motifs is 2. The highest BCUT2D eigenvalue weighted by atomic mass is 19.1. The average Bonchev–Trinajstić information content (AvgIpc) is 3.35. The first-order valence-electron chi connectivity index (χ1n) is 11.3. The fourth-order valence-electron chi connectivity index (χ4n) is 4.35. The summed E-state index contributed by atoms with van der Waals surface area (Å²) in [6, 6.07) is 2.96. The van der Waals surface area contributed by atoms with E-state index >= 15 is 0 Å². The molecule has 11 heteroatoms. The van der Waals surface area contributed by atoms with Crippen molar-refractivity contribution in [3.63, 3.8) is 0 Å². The van der Waals surface area contributed by atoms with E-state index in [0.717, 1.165) is 23.1 Å². The Bertz CT molecular complexity index is 1470. The quantitative estimate of drug-likeness (QED) is 0.384. The lowest BCUT2D eigenvalue weighted by Gasteiger charge is -2.22. The summed E-state index contributed by atoms with van der Waals surface area (Å²) in [7, 11) is 1.97. The van der Waals surface area contributed by atoms with Crippen LogP contribution in [0.4, 0.5) is 16.0 Å². The second-order valence-electron chi connectivity index (χ2n) is 8.91. The van der Waals surface area contributed by atoms with Gasteiger partial charge in [0.05, 0.1) is 30.5 Å². The summed E-state index contributed by atoms with van der Waals surface area (Å²) < 4.78 is 23.7. The molecule has 5 rings (SSSR count). The van der Waals surface area contributed by atoms with Crippen molar-refractivity contribution in [3.8, 4) is 17.0 Å². The van der Waals surface area contributed by atoms with Gasteiger partial charge in [-0.3, -0.25) is 4.79 Å². The van der Waals surface area contributed by atoms with Crippen LogP contribution in [0.1, 0.15) is 47.2 Å². The molecular formula is C24H27FN8O2. The van der Waals surface area contributed by atoms with Crippen LogP contribution in [-0.2, 0) is 7.05 Å². The first-order valence-corrected chi connectivity index (χ1v) is 11.3. The molecule has 0 fully saturated rings. The number of nitrogens with zero attached hydrogens (tertiary/aromatic N) is 5. The van der Waals surface area contributed by atoms with E-state index in [-0.39, 0.29) is 23.9 Å². The van der Waals surface area contributed by atoms with E-state index in [1.807, 2.05) is 33.9 Å². The molecule has 1 aliphatic rings. The van der Waals surface area contributed by atoms with Crippen LogP contribution in [0.25, 0.3) is 16.8 Å². The van der Waals surface area contributed by atoms with Crippen molar-refractivity contribution in [1.29, 1.82) is 0 Å². The molecule has 0 saturated carbocycles. The number of carbonyl (C=O) groups is 1. The predicted octanol–water partition coefficient (Wildman–Crippen LogP) is 3.15. The molecule has 1 amide bonds. The molecule has 182 valence electrons. The maximum absolute atomic E-state index is 14.2. The SMILES string of the molecule is Cc1cc(-c2c3nc4c(cnn4c2N)C(=O)NC[C@H](C)Oc2ncc(F)cc2[C@@H](C)N3)c(C)n1C. The number of anilines is 2. The lowest BCUT2D eigenvalue weighted by atomic mass is 10.1. The summed E-state index contributed by atoms with van der Waals surface area (Å²) in [4.78, 5) is 21.9. The molecule has 0 saturated heterocycles. The van der Waals surface area contributed by atoms with Gasteiger partial charge in [-0.25, -0.2) is 14.4 Å². The zero-order valence-electron chi connectivity index (χ0n) is 20.2. The van der Waals surface area contributed by atoms with Crippen molar-refractivity contribution >= 4 is 23.2 Å². The maximum Gasteiger partial charge on any atom is 0.256 e. The van der Waals surface area contributed by atoms with Crippen LogP contribution in [0.3, 0.4) is 0 Å². The standard InChI is InChI=1S/C24H27FN8O2/c1-11-6-17(14(4)32(11)5)19-20(26)33-22-18(10-29-33)23(34)27-8-12(2)35-24-16(7-15(25)9-28-24)13(3)30-21(19)31-22/h6-7,9-10,12-13H,8,26H2,1-5H3,(H,27,34)(H,30,31)/t12-,13+/m0/s1. The summed E-state index contributed by atoms with van der Waals surface area (Å²) in [5.41, 5.74) is 11.3. The Hall–Kier alpha value is -4.15. The number of pyridine rings is 1. The van der Waals surface area contributed by atoms with E-state index in [0.29, 0.717) is 28.4 Å². The first kappa shape index (κ1) is 22.6. The van der Waals surface area contributed by atoms with Gasteiger partial charge < -0.3 is 25.7 Å². The van der Waals surface area contributed by atoms with E-state index in [9.17, 15) is 9.18 Å². The third kappa shape index (κ3) is 3.72. The van der Waals surface area contributed by atoms with E-state index in [1.54, 1.807) is 6.92 Å². The minimum absolute atomic E-state index is 0.208. The van der Waals surface area contributed by atoms with Crippen LogP contribution in [-0.4, -0.2) is 42.7 Å². The molecule has 4 aromatic rings. The summed E-state index contributed by atoms with van der Waals surface area (Å²) in [5.74, 6) is 0.204. The van der Waals surface area contributed by atoms with Gasteiger partial charge in [0.15, 0.2) is 5.65 Å².